The Labute approximate surface area is 230 Å². The highest BCUT2D eigenvalue weighted by Crippen LogP contribution is 2.37. The molecule has 1 atom stereocenters. The number of nitrogens with zero attached hydrogens (tertiary/aromatic N) is 2. The first-order chi connectivity index (χ1) is 18.3. The third-order valence-corrected chi connectivity index (χ3v) is 7.70. The molecule has 1 aliphatic rings. The maximum Gasteiger partial charge on any atom is 0.338 e. The number of hydrogen-bond acceptors (Lipinski definition) is 8. The molecule has 8 nitrogen and oxygen atoms in total. The minimum Gasteiger partial charge on any atom is -0.497 e. The zero-order chi connectivity index (χ0) is 27.0. The molecule has 2 aromatic heterocycles. The lowest BCUT2D eigenvalue weighted by Gasteiger charge is -2.25. The van der Waals surface area contributed by atoms with Gasteiger partial charge in [0.05, 0.1) is 37.1 Å². The fraction of sp³-hybridized carbons (Fsp3) is 0.179. The maximum absolute atomic E-state index is 13.8. The molecule has 38 heavy (non-hydrogen) atoms. The molecule has 4 aromatic rings. The van der Waals surface area contributed by atoms with Gasteiger partial charge in [0.2, 0.25) is 0 Å². The molecule has 0 saturated heterocycles. The van der Waals surface area contributed by atoms with E-state index in [0.717, 1.165) is 10.0 Å². The average Bonchev–Trinajstić information content (AvgIpc) is 3.51. The number of hydrogen-bond donors (Lipinski definition) is 0. The van der Waals surface area contributed by atoms with Gasteiger partial charge >= 0.3 is 5.97 Å². The molecule has 194 valence electrons. The van der Waals surface area contributed by atoms with Crippen LogP contribution in [0.2, 0.25) is 0 Å². The molecular formula is C28H23BrN2O6S. The van der Waals surface area contributed by atoms with Crippen molar-refractivity contribution in [3.05, 3.63) is 101 Å². The summed E-state index contributed by atoms with van der Waals surface area (Å²) in [4.78, 5) is 31.8. The van der Waals surface area contributed by atoms with Gasteiger partial charge in [0.15, 0.2) is 4.80 Å². The van der Waals surface area contributed by atoms with Crippen molar-refractivity contribution in [3.8, 4) is 22.8 Å². The van der Waals surface area contributed by atoms with E-state index in [-0.39, 0.29) is 11.1 Å². The highest BCUT2D eigenvalue weighted by atomic mass is 79.9. The Kier molecular flexibility index (Phi) is 7.09. The molecule has 0 amide bonds. The van der Waals surface area contributed by atoms with Crippen molar-refractivity contribution < 1.29 is 23.4 Å². The number of carbonyl (C=O) groups is 1. The van der Waals surface area contributed by atoms with Crippen molar-refractivity contribution in [1.29, 1.82) is 0 Å². The fourth-order valence-corrected chi connectivity index (χ4v) is 5.65. The summed E-state index contributed by atoms with van der Waals surface area (Å²) in [6.07, 6.45) is 1.69. The summed E-state index contributed by atoms with van der Waals surface area (Å²) in [5.41, 5.74) is 1.92. The monoisotopic (exact) mass is 594 g/mol. The second-order valence-corrected chi connectivity index (χ2v) is 10.3. The first kappa shape index (κ1) is 25.7. The van der Waals surface area contributed by atoms with Gasteiger partial charge in [-0.25, -0.2) is 9.79 Å². The molecule has 2 aromatic carbocycles. The van der Waals surface area contributed by atoms with Crippen LogP contribution in [0.5, 0.6) is 11.5 Å². The SMILES string of the molecule is COC(=O)C1=C(C)N=c2sc(=Cc3ccc(-c4ccc(Br)cc4)o3)c(=O)n2[C@@H]1c1ccc(OC)cc1OC. The molecule has 0 bridgehead atoms. The summed E-state index contributed by atoms with van der Waals surface area (Å²) in [6, 6.07) is 15.9. The van der Waals surface area contributed by atoms with Crippen LogP contribution in [0.15, 0.2) is 84.5 Å². The summed E-state index contributed by atoms with van der Waals surface area (Å²) in [5, 5.41) is 0. The van der Waals surface area contributed by atoms with Gasteiger partial charge in [-0.05, 0) is 43.3 Å². The lowest BCUT2D eigenvalue weighted by Crippen LogP contribution is -2.40. The summed E-state index contributed by atoms with van der Waals surface area (Å²) in [7, 11) is 4.38. The van der Waals surface area contributed by atoms with E-state index in [9.17, 15) is 9.59 Å². The van der Waals surface area contributed by atoms with Gasteiger partial charge in [-0.15, -0.1) is 0 Å². The van der Waals surface area contributed by atoms with Crippen molar-refractivity contribution >= 4 is 39.3 Å². The van der Waals surface area contributed by atoms with E-state index in [0.29, 0.717) is 43.6 Å². The highest BCUT2D eigenvalue weighted by molar-refractivity contribution is 9.10. The molecule has 0 fully saturated rings. The second kappa shape index (κ2) is 10.5. The van der Waals surface area contributed by atoms with Gasteiger partial charge in [-0.3, -0.25) is 9.36 Å². The number of carbonyl (C=O) groups excluding carboxylic acids is 1. The Morgan fingerprint density at radius 2 is 1.84 bits per heavy atom. The summed E-state index contributed by atoms with van der Waals surface area (Å²) in [6.45, 7) is 1.73. The van der Waals surface area contributed by atoms with Crippen LogP contribution in [0.1, 0.15) is 24.3 Å². The van der Waals surface area contributed by atoms with Crippen LogP contribution < -0.4 is 24.4 Å². The smallest absolute Gasteiger partial charge is 0.338 e. The van der Waals surface area contributed by atoms with Crippen LogP contribution in [0.25, 0.3) is 17.4 Å². The third-order valence-electron chi connectivity index (χ3n) is 6.19. The maximum atomic E-state index is 13.8. The van der Waals surface area contributed by atoms with Crippen LogP contribution in [-0.2, 0) is 9.53 Å². The fourth-order valence-electron chi connectivity index (χ4n) is 4.36. The van der Waals surface area contributed by atoms with Crippen LogP contribution in [-0.4, -0.2) is 31.9 Å². The number of fused-ring (bicyclic) bond motifs is 1. The number of rotatable bonds is 6. The Hall–Kier alpha value is -3.89. The molecule has 0 radical (unpaired) electrons. The van der Waals surface area contributed by atoms with Crippen molar-refractivity contribution in [2.24, 2.45) is 4.99 Å². The van der Waals surface area contributed by atoms with Crippen LogP contribution >= 0.6 is 27.3 Å². The third kappa shape index (κ3) is 4.61. The molecule has 0 unspecified atom stereocenters. The van der Waals surface area contributed by atoms with E-state index in [1.54, 1.807) is 38.3 Å². The van der Waals surface area contributed by atoms with E-state index in [1.807, 2.05) is 36.4 Å². The van der Waals surface area contributed by atoms with Gasteiger partial charge in [0.25, 0.3) is 5.56 Å². The number of thiazole rings is 1. The van der Waals surface area contributed by atoms with Gasteiger partial charge in [-0.2, -0.15) is 0 Å². The molecule has 10 heteroatoms. The zero-order valence-electron chi connectivity index (χ0n) is 21.0. The molecule has 3 heterocycles. The number of methoxy groups -OCH3 is 3. The summed E-state index contributed by atoms with van der Waals surface area (Å²) < 4.78 is 24.9. The molecule has 0 aliphatic carbocycles. The molecule has 1 aliphatic heterocycles. The van der Waals surface area contributed by atoms with Crippen LogP contribution in [0, 0.1) is 0 Å². The van der Waals surface area contributed by atoms with Crippen molar-refractivity contribution in [2.75, 3.05) is 21.3 Å². The highest BCUT2D eigenvalue weighted by Gasteiger charge is 2.35. The number of benzene rings is 2. The predicted molar refractivity (Wildman–Crippen MR) is 147 cm³/mol. The standard InChI is InChI=1S/C28H23BrN2O6S/c1-15-24(27(33)36-4)25(20-11-9-18(34-2)13-22(20)35-3)31-26(32)23(38-28(31)30-15)14-19-10-12-21(37-19)16-5-7-17(29)8-6-16/h5-14,25H,1-4H3/t25-/m1/s1. The largest absolute Gasteiger partial charge is 0.497 e. The van der Waals surface area contributed by atoms with Gasteiger partial charge in [-0.1, -0.05) is 39.4 Å². The van der Waals surface area contributed by atoms with Gasteiger partial charge in [0, 0.05) is 27.7 Å². The van der Waals surface area contributed by atoms with E-state index in [1.165, 1.54) is 30.1 Å². The Morgan fingerprint density at radius 3 is 2.53 bits per heavy atom. The minimum atomic E-state index is -0.809. The van der Waals surface area contributed by atoms with E-state index >= 15 is 0 Å². The summed E-state index contributed by atoms with van der Waals surface area (Å²) in [5.74, 6) is 1.67. The zero-order valence-corrected chi connectivity index (χ0v) is 23.4. The van der Waals surface area contributed by atoms with E-state index in [2.05, 4.69) is 20.9 Å². The number of aromatic nitrogens is 1. The van der Waals surface area contributed by atoms with Gasteiger partial charge in [0.1, 0.15) is 29.1 Å². The van der Waals surface area contributed by atoms with Crippen molar-refractivity contribution in [3.63, 3.8) is 0 Å². The van der Waals surface area contributed by atoms with E-state index in [4.69, 9.17) is 18.6 Å². The number of ether oxygens (including phenoxy) is 3. The predicted octanol–water partition coefficient (Wildman–Crippen LogP) is 4.45. The molecular weight excluding hydrogens is 572 g/mol. The number of allylic oxidation sites excluding steroid dienone is 1. The van der Waals surface area contributed by atoms with Crippen molar-refractivity contribution in [1.82, 2.24) is 4.57 Å². The van der Waals surface area contributed by atoms with Crippen LogP contribution in [0.4, 0.5) is 0 Å². The first-order valence-corrected chi connectivity index (χ1v) is 13.1. The lowest BCUT2D eigenvalue weighted by atomic mass is 9.95. The second-order valence-electron chi connectivity index (χ2n) is 8.39. The normalized spacial score (nSPS) is 15.2. The quantitative estimate of drug-likeness (QED) is 0.306. The molecule has 0 N–H and O–H groups in total. The minimum absolute atomic E-state index is 0.255. The van der Waals surface area contributed by atoms with Crippen LogP contribution in [0.3, 0.4) is 0 Å². The number of esters is 1. The topological polar surface area (TPSA) is 92.3 Å². The Morgan fingerprint density at radius 1 is 1.08 bits per heavy atom. The summed E-state index contributed by atoms with van der Waals surface area (Å²) >= 11 is 4.65. The molecule has 5 rings (SSSR count). The van der Waals surface area contributed by atoms with Crippen molar-refractivity contribution in [2.45, 2.75) is 13.0 Å². The van der Waals surface area contributed by atoms with E-state index < -0.39 is 12.0 Å². The number of halogens is 1. The Bertz CT molecular complexity index is 1750. The number of furan rings is 1. The lowest BCUT2D eigenvalue weighted by molar-refractivity contribution is -0.136. The average molecular weight is 595 g/mol. The Balaban J connectivity index is 1.67. The molecule has 0 spiro atoms. The van der Waals surface area contributed by atoms with Gasteiger partial charge < -0.3 is 18.6 Å². The molecule has 0 saturated carbocycles. The first-order valence-electron chi connectivity index (χ1n) is 11.5.